The molecule has 0 amide bonds. The fraction of sp³-hybridized carbons (Fsp3) is 0.267. The second-order valence-electron chi connectivity index (χ2n) is 4.55. The summed E-state index contributed by atoms with van der Waals surface area (Å²) in [5, 5.41) is 0. The van der Waals surface area contributed by atoms with Crippen LogP contribution in [0, 0.1) is 19.7 Å². The number of benzene rings is 1. The van der Waals surface area contributed by atoms with Gasteiger partial charge in [0.05, 0.1) is 18.8 Å². The van der Waals surface area contributed by atoms with Crippen molar-refractivity contribution >= 4 is 0 Å². The third-order valence-corrected chi connectivity index (χ3v) is 3.11. The maximum absolute atomic E-state index is 13.8. The van der Waals surface area contributed by atoms with Crippen LogP contribution >= 0.6 is 0 Å². The fourth-order valence-corrected chi connectivity index (χ4v) is 2.27. The van der Waals surface area contributed by atoms with Crippen molar-refractivity contribution in [2.24, 2.45) is 5.73 Å². The Bertz CT molecular complexity index is 599. The monoisotopic (exact) mass is 260 g/mol. The summed E-state index contributed by atoms with van der Waals surface area (Å²) in [5.41, 5.74) is 9.20. The van der Waals surface area contributed by atoms with Gasteiger partial charge in [-0.05, 0) is 43.2 Å². The Kier molecular flexibility index (Phi) is 3.81. The Morgan fingerprint density at radius 2 is 2.05 bits per heavy atom. The molecule has 1 aromatic heterocycles. The summed E-state index contributed by atoms with van der Waals surface area (Å²) < 4.78 is 19.1. The van der Waals surface area contributed by atoms with Crippen LogP contribution in [-0.2, 0) is 0 Å². The number of hydrogen-bond acceptors (Lipinski definition) is 3. The lowest BCUT2D eigenvalue weighted by molar-refractivity contribution is 0.406. The number of pyridine rings is 1. The van der Waals surface area contributed by atoms with E-state index in [1.165, 1.54) is 12.3 Å². The van der Waals surface area contributed by atoms with Crippen molar-refractivity contribution in [3.05, 3.63) is 58.7 Å². The first kappa shape index (κ1) is 13.5. The van der Waals surface area contributed by atoms with Gasteiger partial charge < -0.3 is 10.5 Å². The second-order valence-corrected chi connectivity index (χ2v) is 4.55. The minimum Gasteiger partial charge on any atom is -0.496 e. The topological polar surface area (TPSA) is 48.1 Å². The zero-order valence-electron chi connectivity index (χ0n) is 11.3. The van der Waals surface area contributed by atoms with Gasteiger partial charge in [-0.15, -0.1) is 0 Å². The van der Waals surface area contributed by atoms with E-state index < -0.39 is 11.9 Å². The van der Waals surface area contributed by atoms with Crippen molar-refractivity contribution in [3.8, 4) is 5.75 Å². The molecule has 0 saturated carbocycles. The molecule has 0 aliphatic heterocycles. The Morgan fingerprint density at radius 3 is 2.68 bits per heavy atom. The minimum absolute atomic E-state index is 0.229. The molecular weight excluding hydrogens is 243 g/mol. The normalized spacial score (nSPS) is 12.3. The third-order valence-electron chi connectivity index (χ3n) is 3.11. The molecule has 1 unspecified atom stereocenters. The average molecular weight is 260 g/mol. The van der Waals surface area contributed by atoms with E-state index in [-0.39, 0.29) is 5.69 Å². The smallest absolute Gasteiger partial charge is 0.146 e. The van der Waals surface area contributed by atoms with E-state index in [0.29, 0.717) is 5.75 Å². The van der Waals surface area contributed by atoms with E-state index in [4.69, 9.17) is 10.5 Å². The van der Waals surface area contributed by atoms with Crippen molar-refractivity contribution in [3.63, 3.8) is 0 Å². The Morgan fingerprint density at radius 1 is 1.32 bits per heavy atom. The van der Waals surface area contributed by atoms with Gasteiger partial charge in [0.25, 0.3) is 0 Å². The third kappa shape index (κ3) is 2.58. The molecule has 2 N–H and O–H groups in total. The molecule has 0 radical (unpaired) electrons. The summed E-state index contributed by atoms with van der Waals surface area (Å²) in [4.78, 5) is 4.04. The van der Waals surface area contributed by atoms with Gasteiger partial charge in [-0.25, -0.2) is 4.39 Å². The molecule has 0 bridgehead atoms. The molecule has 0 aliphatic carbocycles. The highest BCUT2D eigenvalue weighted by Gasteiger charge is 2.21. The van der Waals surface area contributed by atoms with Crippen LogP contribution in [0.2, 0.25) is 0 Å². The molecule has 3 nitrogen and oxygen atoms in total. The molecule has 19 heavy (non-hydrogen) atoms. The standard InChI is InChI=1S/C15H17FN2O/c1-9-7-10(2)13(12(8-9)19-3)14(17)15-11(16)5-4-6-18-15/h4-8,14H,17H2,1-3H3. The summed E-state index contributed by atoms with van der Waals surface area (Å²) in [6.07, 6.45) is 1.54. The van der Waals surface area contributed by atoms with Crippen molar-refractivity contribution < 1.29 is 9.13 Å². The first-order chi connectivity index (χ1) is 9.04. The van der Waals surface area contributed by atoms with Gasteiger partial charge in [0.15, 0.2) is 0 Å². The van der Waals surface area contributed by atoms with Gasteiger partial charge >= 0.3 is 0 Å². The Balaban J connectivity index is 2.56. The van der Waals surface area contributed by atoms with Crippen molar-refractivity contribution in [1.29, 1.82) is 0 Å². The Labute approximate surface area is 112 Å². The summed E-state index contributed by atoms with van der Waals surface area (Å²) in [7, 11) is 1.58. The number of methoxy groups -OCH3 is 1. The number of aromatic nitrogens is 1. The van der Waals surface area contributed by atoms with Crippen LogP contribution in [-0.4, -0.2) is 12.1 Å². The molecule has 2 aromatic rings. The predicted molar refractivity (Wildman–Crippen MR) is 72.7 cm³/mol. The van der Waals surface area contributed by atoms with Gasteiger partial charge in [0, 0.05) is 11.8 Å². The maximum atomic E-state index is 13.8. The molecule has 1 aromatic carbocycles. The first-order valence-electron chi connectivity index (χ1n) is 6.05. The Hall–Kier alpha value is -1.94. The predicted octanol–water partition coefficient (Wildman–Crippen LogP) is 2.89. The number of hydrogen-bond donors (Lipinski definition) is 1. The van der Waals surface area contributed by atoms with Crippen molar-refractivity contribution in [2.75, 3.05) is 7.11 Å². The van der Waals surface area contributed by atoms with Crippen molar-refractivity contribution in [2.45, 2.75) is 19.9 Å². The fourth-order valence-electron chi connectivity index (χ4n) is 2.27. The first-order valence-corrected chi connectivity index (χ1v) is 6.05. The summed E-state index contributed by atoms with van der Waals surface area (Å²) in [6, 6.07) is 6.15. The lowest BCUT2D eigenvalue weighted by Crippen LogP contribution is -2.17. The lowest BCUT2D eigenvalue weighted by Gasteiger charge is -2.19. The molecule has 100 valence electrons. The molecule has 0 fully saturated rings. The molecule has 0 spiro atoms. The highest BCUT2D eigenvalue weighted by atomic mass is 19.1. The largest absolute Gasteiger partial charge is 0.496 e. The zero-order valence-corrected chi connectivity index (χ0v) is 11.3. The molecule has 0 aliphatic rings. The van der Waals surface area contributed by atoms with E-state index in [0.717, 1.165) is 16.7 Å². The summed E-state index contributed by atoms with van der Waals surface area (Å²) in [5.74, 6) is 0.257. The van der Waals surface area contributed by atoms with Crippen LogP contribution in [0.15, 0.2) is 30.5 Å². The number of nitrogens with two attached hydrogens (primary N) is 1. The van der Waals surface area contributed by atoms with Gasteiger partial charge in [0.2, 0.25) is 0 Å². The molecule has 1 atom stereocenters. The summed E-state index contributed by atoms with van der Waals surface area (Å²) >= 11 is 0. The number of nitrogens with zero attached hydrogens (tertiary/aromatic N) is 1. The van der Waals surface area contributed by atoms with E-state index in [9.17, 15) is 4.39 Å². The molecule has 4 heteroatoms. The van der Waals surface area contributed by atoms with Gasteiger partial charge in [-0.3, -0.25) is 4.98 Å². The highest BCUT2D eigenvalue weighted by Crippen LogP contribution is 2.32. The van der Waals surface area contributed by atoms with E-state index >= 15 is 0 Å². The van der Waals surface area contributed by atoms with Crippen molar-refractivity contribution in [1.82, 2.24) is 4.98 Å². The van der Waals surface area contributed by atoms with Crippen LogP contribution in [0.4, 0.5) is 4.39 Å². The maximum Gasteiger partial charge on any atom is 0.146 e. The molecule has 1 heterocycles. The molecule has 2 rings (SSSR count). The average Bonchev–Trinajstić information content (AvgIpc) is 2.37. The van der Waals surface area contributed by atoms with Gasteiger partial charge in [-0.1, -0.05) is 6.07 Å². The zero-order chi connectivity index (χ0) is 14.0. The molecule has 0 saturated heterocycles. The van der Waals surface area contributed by atoms with Gasteiger partial charge in [0.1, 0.15) is 11.6 Å². The number of ether oxygens (including phenoxy) is 1. The minimum atomic E-state index is -0.642. The summed E-state index contributed by atoms with van der Waals surface area (Å²) in [6.45, 7) is 3.91. The lowest BCUT2D eigenvalue weighted by atomic mass is 9.96. The van der Waals surface area contributed by atoms with Gasteiger partial charge in [-0.2, -0.15) is 0 Å². The van der Waals surface area contributed by atoms with Crippen LogP contribution < -0.4 is 10.5 Å². The molecular formula is C15H17FN2O. The number of aryl methyl sites for hydroxylation is 2. The van der Waals surface area contributed by atoms with E-state index in [1.807, 2.05) is 26.0 Å². The van der Waals surface area contributed by atoms with E-state index in [1.54, 1.807) is 13.2 Å². The van der Waals surface area contributed by atoms with Crippen LogP contribution in [0.3, 0.4) is 0 Å². The van der Waals surface area contributed by atoms with Crippen LogP contribution in [0.1, 0.15) is 28.4 Å². The number of rotatable bonds is 3. The van der Waals surface area contributed by atoms with E-state index in [2.05, 4.69) is 4.98 Å². The van der Waals surface area contributed by atoms with Crippen LogP contribution in [0.5, 0.6) is 5.75 Å². The number of halogens is 1. The highest BCUT2D eigenvalue weighted by molar-refractivity contribution is 5.47. The SMILES string of the molecule is COc1cc(C)cc(C)c1C(N)c1ncccc1F. The second kappa shape index (κ2) is 5.36. The van der Waals surface area contributed by atoms with Crippen LogP contribution in [0.25, 0.3) is 0 Å². The quantitative estimate of drug-likeness (QED) is 0.923.